The van der Waals surface area contributed by atoms with Gasteiger partial charge in [-0.1, -0.05) is 13.3 Å². The number of rotatable bonds is 4. The summed E-state index contributed by atoms with van der Waals surface area (Å²) in [6, 6.07) is -0.832. The lowest BCUT2D eigenvalue weighted by molar-refractivity contribution is -0.148. The Kier molecular flexibility index (Phi) is 4.93. The third-order valence-corrected chi connectivity index (χ3v) is 2.61. The topological polar surface area (TPSA) is 72.9 Å². The number of likely N-dealkylation sites (tertiary alicyclic amines) is 1. The number of carbonyl (C=O) groups is 3. The number of ether oxygens (including phenoxy) is 2. The van der Waals surface area contributed by atoms with E-state index in [0.29, 0.717) is 6.42 Å². The van der Waals surface area contributed by atoms with Gasteiger partial charge in [-0.15, -0.1) is 0 Å². The van der Waals surface area contributed by atoms with Gasteiger partial charge in [0.2, 0.25) is 5.91 Å². The summed E-state index contributed by atoms with van der Waals surface area (Å²) in [6.45, 7) is 2.22. The van der Waals surface area contributed by atoms with Gasteiger partial charge < -0.3 is 9.47 Å². The van der Waals surface area contributed by atoms with E-state index in [1.165, 1.54) is 7.11 Å². The zero-order valence-corrected chi connectivity index (χ0v) is 10.1. The summed E-state index contributed by atoms with van der Waals surface area (Å²) in [7, 11) is 1.23. The van der Waals surface area contributed by atoms with Crippen molar-refractivity contribution >= 4 is 18.0 Å². The maximum atomic E-state index is 11.6. The van der Waals surface area contributed by atoms with Crippen LogP contribution in [0, 0.1) is 0 Å². The van der Waals surface area contributed by atoms with E-state index in [-0.39, 0.29) is 18.9 Å². The highest BCUT2D eigenvalue weighted by Crippen LogP contribution is 2.20. The first kappa shape index (κ1) is 13.5. The van der Waals surface area contributed by atoms with Crippen molar-refractivity contribution in [1.29, 1.82) is 0 Å². The number of amides is 2. The van der Waals surface area contributed by atoms with Gasteiger partial charge in [0.15, 0.2) is 0 Å². The van der Waals surface area contributed by atoms with Crippen molar-refractivity contribution in [3.8, 4) is 0 Å². The fourth-order valence-electron chi connectivity index (χ4n) is 1.65. The van der Waals surface area contributed by atoms with Gasteiger partial charge in [0.1, 0.15) is 6.04 Å². The van der Waals surface area contributed by atoms with Crippen LogP contribution in [0.1, 0.15) is 32.6 Å². The van der Waals surface area contributed by atoms with E-state index in [2.05, 4.69) is 4.74 Å². The number of carbonyl (C=O) groups excluding carboxylic acids is 3. The maximum absolute atomic E-state index is 11.6. The highest BCUT2D eigenvalue weighted by atomic mass is 16.6. The second-order valence-corrected chi connectivity index (χ2v) is 3.81. The number of methoxy groups -OCH3 is 1. The largest absolute Gasteiger partial charge is 0.467 e. The molecule has 1 atom stereocenters. The van der Waals surface area contributed by atoms with Crippen molar-refractivity contribution in [1.82, 2.24) is 4.90 Å². The van der Waals surface area contributed by atoms with Crippen molar-refractivity contribution in [3.05, 3.63) is 0 Å². The van der Waals surface area contributed by atoms with Crippen molar-refractivity contribution < 1.29 is 23.9 Å². The molecule has 0 aromatic heterocycles. The van der Waals surface area contributed by atoms with Crippen LogP contribution in [0.5, 0.6) is 0 Å². The number of nitrogens with zero attached hydrogens (tertiary/aromatic N) is 1. The third-order valence-electron chi connectivity index (χ3n) is 2.61. The SMILES string of the molecule is CCCCOC(=O)N1C(=O)CCC1C(=O)OC. The molecule has 0 saturated carbocycles. The minimum Gasteiger partial charge on any atom is -0.467 e. The molecule has 1 fully saturated rings. The van der Waals surface area contributed by atoms with Crippen LogP contribution in [0.15, 0.2) is 0 Å². The van der Waals surface area contributed by atoms with Gasteiger partial charge in [-0.2, -0.15) is 0 Å². The average molecular weight is 243 g/mol. The number of unbranched alkanes of at least 4 members (excludes halogenated alkanes) is 1. The van der Waals surface area contributed by atoms with E-state index in [9.17, 15) is 14.4 Å². The summed E-state index contributed by atoms with van der Waals surface area (Å²) >= 11 is 0. The molecule has 0 spiro atoms. The first-order valence-corrected chi connectivity index (χ1v) is 5.68. The molecule has 0 bridgehead atoms. The molecule has 0 aromatic carbocycles. The summed E-state index contributed by atoms with van der Waals surface area (Å²) < 4.78 is 9.47. The number of hydrogen-bond donors (Lipinski definition) is 0. The van der Waals surface area contributed by atoms with E-state index >= 15 is 0 Å². The molecule has 0 aromatic rings. The molecular weight excluding hydrogens is 226 g/mol. The van der Waals surface area contributed by atoms with Crippen LogP contribution in [0.2, 0.25) is 0 Å². The molecule has 0 radical (unpaired) electrons. The number of imide groups is 1. The lowest BCUT2D eigenvalue weighted by atomic mass is 10.2. The van der Waals surface area contributed by atoms with Gasteiger partial charge >= 0.3 is 12.1 Å². The molecule has 96 valence electrons. The Hall–Kier alpha value is -1.59. The van der Waals surface area contributed by atoms with E-state index in [0.717, 1.165) is 17.7 Å². The summed E-state index contributed by atoms with van der Waals surface area (Å²) in [6.07, 6.45) is 1.34. The quantitative estimate of drug-likeness (QED) is 0.546. The summed E-state index contributed by atoms with van der Waals surface area (Å²) in [5.41, 5.74) is 0. The van der Waals surface area contributed by atoms with Crippen LogP contribution in [0.25, 0.3) is 0 Å². The van der Waals surface area contributed by atoms with Crippen molar-refractivity contribution in [2.45, 2.75) is 38.6 Å². The molecular formula is C11H17NO5. The average Bonchev–Trinajstić information content (AvgIpc) is 2.70. The molecule has 6 heteroatoms. The molecule has 1 heterocycles. The number of hydrogen-bond acceptors (Lipinski definition) is 5. The maximum Gasteiger partial charge on any atom is 0.417 e. The lowest BCUT2D eigenvalue weighted by Crippen LogP contribution is -2.43. The van der Waals surface area contributed by atoms with Gasteiger partial charge in [-0.05, 0) is 12.8 Å². The van der Waals surface area contributed by atoms with Gasteiger partial charge in [-0.3, -0.25) is 4.79 Å². The Morgan fingerprint density at radius 3 is 2.76 bits per heavy atom. The molecule has 1 rings (SSSR count). The highest BCUT2D eigenvalue weighted by molar-refractivity contribution is 5.99. The Morgan fingerprint density at radius 2 is 2.18 bits per heavy atom. The van der Waals surface area contributed by atoms with Crippen LogP contribution < -0.4 is 0 Å². The van der Waals surface area contributed by atoms with Crippen LogP contribution in [0.3, 0.4) is 0 Å². The second kappa shape index (κ2) is 6.22. The fraction of sp³-hybridized carbons (Fsp3) is 0.727. The predicted octanol–water partition coefficient (Wildman–Crippen LogP) is 1.09. The van der Waals surface area contributed by atoms with Crippen molar-refractivity contribution in [3.63, 3.8) is 0 Å². The number of esters is 1. The van der Waals surface area contributed by atoms with Crippen molar-refractivity contribution in [2.75, 3.05) is 13.7 Å². The fourth-order valence-corrected chi connectivity index (χ4v) is 1.65. The Balaban J connectivity index is 2.61. The standard InChI is InChI=1S/C11H17NO5/c1-3-4-7-17-11(15)12-8(10(14)16-2)5-6-9(12)13/h8H,3-7H2,1-2H3. The zero-order chi connectivity index (χ0) is 12.8. The monoisotopic (exact) mass is 243 g/mol. The van der Waals surface area contributed by atoms with Gasteiger partial charge in [0.25, 0.3) is 0 Å². The molecule has 17 heavy (non-hydrogen) atoms. The highest BCUT2D eigenvalue weighted by Gasteiger charge is 2.41. The molecule has 1 aliphatic rings. The Bertz CT molecular complexity index is 315. The lowest BCUT2D eigenvalue weighted by Gasteiger charge is -2.20. The van der Waals surface area contributed by atoms with Crippen LogP contribution >= 0.6 is 0 Å². The second-order valence-electron chi connectivity index (χ2n) is 3.81. The minimum absolute atomic E-state index is 0.169. The van der Waals surface area contributed by atoms with E-state index in [1.54, 1.807) is 0 Å². The summed E-state index contributed by atoms with van der Waals surface area (Å²) in [5, 5.41) is 0. The van der Waals surface area contributed by atoms with Gasteiger partial charge in [-0.25, -0.2) is 14.5 Å². The Labute approximate surface area is 99.9 Å². The van der Waals surface area contributed by atoms with E-state index < -0.39 is 18.1 Å². The minimum atomic E-state index is -0.832. The first-order valence-electron chi connectivity index (χ1n) is 5.68. The zero-order valence-electron chi connectivity index (χ0n) is 10.1. The summed E-state index contributed by atoms with van der Waals surface area (Å²) in [5.74, 6) is -0.967. The predicted molar refractivity (Wildman–Crippen MR) is 58.1 cm³/mol. The molecule has 1 unspecified atom stereocenters. The molecule has 0 N–H and O–H groups in total. The Morgan fingerprint density at radius 1 is 1.47 bits per heavy atom. The molecule has 1 saturated heterocycles. The molecule has 1 aliphatic heterocycles. The molecule has 2 amide bonds. The third kappa shape index (κ3) is 3.18. The van der Waals surface area contributed by atoms with Gasteiger partial charge in [0.05, 0.1) is 13.7 Å². The van der Waals surface area contributed by atoms with Crippen molar-refractivity contribution in [2.24, 2.45) is 0 Å². The van der Waals surface area contributed by atoms with Gasteiger partial charge in [0, 0.05) is 6.42 Å². The normalized spacial score (nSPS) is 19.3. The van der Waals surface area contributed by atoms with Crippen LogP contribution in [-0.4, -0.2) is 42.6 Å². The summed E-state index contributed by atoms with van der Waals surface area (Å²) in [4.78, 5) is 35.4. The van der Waals surface area contributed by atoms with E-state index in [1.807, 2.05) is 6.92 Å². The van der Waals surface area contributed by atoms with E-state index in [4.69, 9.17) is 4.74 Å². The molecule has 6 nitrogen and oxygen atoms in total. The van der Waals surface area contributed by atoms with Crippen LogP contribution in [-0.2, 0) is 19.1 Å². The van der Waals surface area contributed by atoms with Crippen LogP contribution in [0.4, 0.5) is 4.79 Å². The molecule has 0 aliphatic carbocycles. The first-order chi connectivity index (χ1) is 8.11. The smallest absolute Gasteiger partial charge is 0.417 e.